The second kappa shape index (κ2) is 12.3. The van der Waals surface area contributed by atoms with Crippen molar-refractivity contribution in [2.45, 2.75) is 24.7 Å². The molecule has 3 heterocycles. The van der Waals surface area contributed by atoms with E-state index in [1.807, 2.05) is 47.2 Å². The molecule has 6 rings (SSSR count). The van der Waals surface area contributed by atoms with Crippen LogP contribution < -0.4 is 9.64 Å². The molecule has 44 heavy (non-hydrogen) atoms. The van der Waals surface area contributed by atoms with E-state index in [4.69, 9.17) is 27.9 Å². The van der Waals surface area contributed by atoms with Gasteiger partial charge in [-0.2, -0.15) is 9.97 Å². The molecule has 2 fully saturated rings. The number of rotatable bonds is 7. The summed E-state index contributed by atoms with van der Waals surface area (Å²) in [4.78, 5) is 30.9. The zero-order chi connectivity index (χ0) is 31.0. The van der Waals surface area contributed by atoms with Gasteiger partial charge in [0.15, 0.2) is 0 Å². The molecule has 0 radical (unpaired) electrons. The van der Waals surface area contributed by atoms with E-state index in [-0.39, 0.29) is 31.1 Å². The summed E-state index contributed by atoms with van der Waals surface area (Å²) in [7, 11) is 1.85. The number of hydrogen-bond donors (Lipinski definition) is 0. The summed E-state index contributed by atoms with van der Waals surface area (Å²) < 4.78 is 36.2. The normalized spacial score (nSPS) is 20.7. The van der Waals surface area contributed by atoms with Gasteiger partial charge in [-0.3, -0.25) is 9.69 Å². The Bertz CT molecular complexity index is 1790. The molecular weight excluding hydrogens is 586 g/mol. The Hall–Kier alpha value is -4.33. The molecule has 2 aliphatic rings. The number of alkyl halides is 1. The van der Waals surface area contributed by atoms with Crippen LogP contribution in [0.1, 0.15) is 6.42 Å². The van der Waals surface area contributed by atoms with E-state index < -0.39 is 18.0 Å². The van der Waals surface area contributed by atoms with Crippen molar-refractivity contribution in [3.05, 3.63) is 83.4 Å². The summed E-state index contributed by atoms with van der Waals surface area (Å²) in [6.07, 6.45) is 0.678. The number of carbonyl (C=O) groups excluding carboxylic acids is 1. The van der Waals surface area contributed by atoms with E-state index in [9.17, 15) is 9.18 Å². The van der Waals surface area contributed by atoms with Gasteiger partial charge in [0.1, 0.15) is 30.5 Å². The number of piperazine rings is 1. The maximum absolute atomic E-state index is 16.1. The number of aromatic nitrogens is 2. The van der Waals surface area contributed by atoms with Gasteiger partial charge >= 0.3 is 6.01 Å². The number of likely N-dealkylation sites (tertiary alicyclic amines) is 1. The second-order valence-electron chi connectivity index (χ2n) is 11.2. The Morgan fingerprint density at radius 2 is 1.95 bits per heavy atom. The molecule has 226 valence electrons. The molecule has 2 aliphatic heterocycles. The predicted octanol–water partition coefficient (Wildman–Crippen LogP) is 5.79. The Morgan fingerprint density at radius 1 is 1.16 bits per heavy atom. The van der Waals surface area contributed by atoms with Gasteiger partial charge in [0.2, 0.25) is 12.5 Å². The van der Waals surface area contributed by atoms with E-state index in [1.165, 1.54) is 12.1 Å². The first-order chi connectivity index (χ1) is 21.3. The summed E-state index contributed by atoms with van der Waals surface area (Å²) in [6.45, 7) is 12.7. The smallest absolute Gasteiger partial charge is 0.319 e. The van der Waals surface area contributed by atoms with Crippen LogP contribution >= 0.6 is 11.6 Å². The molecule has 0 aliphatic carbocycles. The number of likely N-dealkylation sites (N-methyl/N-ethyl adjacent to an activating group) is 1. The SMILES string of the molecule is [C-]#[N+]C[C@H]1CN(c2nc(OC[C@@H]3C[C@@H](F)CN3C)nc3cc(-c4cccc5cccc(Cl)c45)c(F)cc23)CCN1C(=O)C=C. The van der Waals surface area contributed by atoms with Crippen molar-refractivity contribution in [2.24, 2.45) is 0 Å². The van der Waals surface area contributed by atoms with Crippen LogP contribution in [0.15, 0.2) is 61.2 Å². The van der Waals surface area contributed by atoms with Gasteiger partial charge in [-0.1, -0.05) is 48.5 Å². The Morgan fingerprint density at radius 3 is 2.68 bits per heavy atom. The average molecular weight is 617 g/mol. The highest BCUT2D eigenvalue weighted by Crippen LogP contribution is 2.38. The molecule has 0 N–H and O–H groups in total. The maximum Gasteiger partial charge on any atom is 0.319 e. The molecule has 2 saturated heterocycles. The van der Waals surface area contributed by atoms with Crippen LogP contribution in [-0.2, 0) is 4.79 Å². The molecule has 1 aromatic heterocycles. The third-order valence-electron chi connectivity index (χ3n) is 8.47. The minimum atomic E-state index is -0.923. The topological polar surface area (TPSA) is 66.2 Å². The van der Waals surface area contributed by atoms with E-state index in [1.54, 1.807) is 17.0 Å². The fourth-order valence-corrected chi connectivity index (χ4v) is 6.52. The van der Waals surface area contributed by atoms with Crippen LogP contribution in [0.4, 0.5) is 14.6 Å². The van der Waals surface area contributed by atoms with Crippen LogP contribution in [0, 0.1) is 12.4 Å². The molecule has 3 atom stereocenters. The number of halogens is 3. The first-order valence-electron chi connectivity index (χ1n) is 14.4. The lowest BCUT2D eigenvalue weighted by molar-refractivity contribution is -0.128. The van der Waals surface area contributed by atoms with Gasteiger partial charge in [0.05, 0.1) is 5.52 Å². The lowest BCUT2D eigenvalue weighted by Gasteiger charge is -2.39. The molecule has 11 heteroatoms. The van der Waals surface area contributed by atoms with E-state index in [0.717, 1.165) is 10.8 Å². The number of ether oxygens (including phenoxy) is 1. The van der Waals surface area contributed by atoms with Crippen molar-refractivity contribution in [3.8, 4) is 17.1 Å². The number of hydrogen-bond acceptors (Lipinski definition) is 6. The van der Waals surface area contributed by atoms with E-state index in [2.05, 4.69) is 16.4 Å². The van der Waals surface area contributed by atoms with E-state index in [0.29, 0.717) is 65.5 Å². The minimum Gasteiger partial charge on any atom is -0.462 e. The van der Waals surface area contributed by atoms with Gasteiger partial charge in [-0.05, 0) is 48.7 Å². The van der Waals surface area contributed by atoms with Crippen molar-refractivity contribution in [1.82, 2.24) is 19.8 Å². The van der Waals surface area contributed by atoms with Gasteiger partial charge < -0.3 is 19.4 Å². The van der Waals surface area contributed by atoms with Crippen molar-refractivity contribution >= 4 is 45.0 Å². The zero-order valence-electron chi connectivity index (χ0n) is 24.2. The largest absolute Gasteiger partial charge is 0.462 e. The van der Waals surface area contributed by atoms with Crippen LogP contribution in [0.25, 0.3) is 37.6 Å². The molecule has 0 bridgehead atoms. The quantitative estimate of drug-likeness (QED) is 0.194. The third-order valence-corrected chi connectivity index (χ3v) is 8.79. The monoisotopic (exact) mass is 616 g/mol. The zero-order valence-corrected chi connectivity index (χ0v) is 25.0. The third kappa shape index (κ3) is 5.65. The fourth-order valence-electron chi connectivity index (χ4n) is 6.24. The summed E-state index contributed by atoms with van der Waals surface area (Å²) in [5.74, 6) is -0.274. The highest BCUT2D eigenvalue weighted by Gasteiger charge is 2.34. The van der Waals surface area contributed by atoms with E-state index >= 15 is 4.39 Å². The molecule has 0 unspecified atom stereocenters. The van der Waals surface area contributed by atoms with Crippen LogP contribution in [0.3, 0.4) is 0 Å². The van der Waals surface area contributed by atoms with Gasteiger partial charge in [0.25, 0.3) is 0 Å². The number of benzene rings is 3. The van der Waals surface area contributed by atoms with Gasteiger partial charge in [0, 0.05) is 53.6 Å². The predicted molar refractivity (Wildman–Crippen MR) is 168 cm³/mol. The Labute approximate surface area is 259 Å². The summed E-state index contributed by atoms with van der Waals surface area (Å²) in [5.41, 5.74) is 1.42. The molecule has 0 spiro atoms. The number of nitrogens with zero attached hydrogens (tertiary/aromatic N) is 6. The lowest BCUT2D eigenvalue weighted by atomic mass is 9.96. The summed E-state index contributed by atoms with van der Waals surface area (Å²) in [6, 6.07) is 13.8. The first-order valence-corrected chi connectivity index (χ1v) is 14.8. The summed E-state index contributed by atoms with van der Waals surface area (Å²) in [5, 5.41) is 2.59. The standard InChI is InChI=1S/C33H31ClF2N6O2/c1-4-30(43)42-12-11-41(18-23(42)16-37-2)32-26-14-28(36)25(24-9-5-7-20-8-6-10-27(34)31(20)24)15-29(26)38-33(39-32)44-19-22-13-21(35)17-40(22)3/h4-10,14-15,21-23H,1,11-13,16-19H2,3H3/t21-,22+,23+/m1/s1. The van der Waals surface area contributed by atoms with Crippen molar-refractivity contribution in [3.63, 3.8) is 0 Å². The highest BCUT2D eigenvalue weighted by atomic mass is 35.5. The van der Waals surface area contributed by atoms with Gasteiger partial charge in [-0.15, -0.1) is 0 Å². The van der Waals surface area contributed by atoms with Crippen molar-refractivity contribution in [2.75, 3.05) is 51.3 Å². The molecule has 8 nitrogen and oxygen atoms in total. The molecule has 3 aromatic carbocycles. The van der Waals surface area contributed by atoms with Crippen LogP contribution in [-0.4, -0.2) is 90.3 Å². The maximum atomic E-state index is 16.1. The highest BCUT2D eigenvalue weighted by molar-refractivity contribution is 6.36. The minimum absolute atomic E-state index is 0.0862. The van der Waals surface area contributed by atoms with Crippen LogP contribution in [0.2, 0.25) is 5.02 Å². The molecule has 0 saturated carbocycles. The Kier molecular flexibility index (Phi) is 8.34. The average Bonchev–Trinajstić information content (AvgIpc) is 3.35. The van der Waals surface area contributed by atoms with Crippen LogP contribution in [0.5, 0.6) is 6.01 Å². The molecule has 4 aromatic rings. The molecule has 1 amide bonds. The Balaban J connectivity index is 1.45. The first kappa shape index (κ1) is 29.7. The summed E-state index contributed by atoms with van der Waals surface area (Å²) >= 11 is 6.58. The number of carbonyl (C=O) groups is 1. The second-order valence-corrected chi connectivity index (χ2v) is 11.6. The van der Waals surface area contributed by atoms with Gasteiger partial charge in [-0.25, -0.2) is 15.4 Å². The number of amides is 1. The number of anilines is 1. The number of fused-ring (bicyclic) bond motifs is 2. The van der Waals surface area contributed by atoms with Crippen molar-refractivity contribution in [1.29, 1.82) is 0 Å². The lowest BCUT2D eigenvalue weighted by Crippen LogP contribution is -2.56. The molecular formula is C33H31ClF2N6O2. The fraction of sp³-hybridized carbons (Fsp3) is 0.333. The van der Waals surface area contributed by atoms with Crippen molar-refractivity contribution < 1.29 is 18.3 Å².